The normalized spacial score (nSPS) is 25.6. The molecule has 6 nitrogen and oxygen atoms in total. The van der Waals surface area contributed by atoms with Crippen LogP contribution in [-0.4, -0.2) is 25.0 Å². The summed E-state index contributed by atoms with van der Waals surface area (Å²) >= 11 is 0. The minimum absolute atomic E-state index is 0.0380. The third-order valence-electron chi connectivity index (χ3n) is 4.91. The Labute approximate surface area is 126 Å². The van der Waals surface area contributed by atoms with Gasteiger partial charge in [0.2, 0.25) is 0 Å². The Balaban J connectivity index is 1.65. The summed E-state index contributed by atoms with van der Waals surface area (Å²) in [5.74, 6) is 0.0380. The molecular formula is C16H14N4O2. The summed E-state index contributed by atoms with van der Waals surface area (Å²) in [7, 11) is 0. The van der Waals surface area contributed by atoms with E-state index < -0.39 is 6.10 Å². The second-order valence-electron chi connectivity index (χ2n) is 5.96. The fourth-order valence-corrected chi connectivity index (χ4v) is 3.92. The molecule has 3 atom stereocenters. The van der Waals surface area contributed by atoms with Gasteiger partial charge >= 0.3 is 0 Å². The Morgan fingerprint density at radius 2 is 2.14 bits per heavy atom. The van der Waals surface area contributed by atoms with Crippen LogP contribution in [-0.2, 0) is 6.42 Å². The van der Waals surface area contributed by atoms with Crippen LogP contribution in [0.3, 0.4) is 0 Å². The van der Waals surface area contributed by atoms with Crippen LogP contribution in [0.15, 0.2) is 41.4 Å². The number of rotatable bonds is 1. The van der Waals surface area contributed by atoms with Gasteiger partial charge in [-0.1, -0.05) is 34.6 Å². The van der Waals surface area contributed by atoms with Gasteiger partial charge in [0.1, 0.15) is 17.5 Å². The van der Waals surface area contributed by atoms with E-state index in [1.54, 1.807) is 0 Å². The lowest BCUT2D eigenvalue weighted by molar-refractivity contribution is 0.0662. The van der Waals surface area contributed by atoms with E-state index in [2.05, 4.69) is 32.0 Å². The highest BCUT2D eigenvalue weighted by atomic mass is 16.6. The molecule has 5 rings (SSSR count). The van der Waals surface area contributed by atoms with Crippen LogP contribution >= 0.6 is 0 Å². The summed E-state index contributed by atoms with van der Waals surface area (Å²) in [6, 6.07) is 8.41. The molecule has 1 aliphatic carbocycles. The van der Waals surface area contributed by atoms with E-state index in [1.165, 1.54) is 11.1 Å². The van der Waals surface area contributed by atoms with Crippen LogP contribution in [0.5, 0.6) is 0 Å². The minimum Gasteiger partial charge on any atom is -0.386 e. The molecule has 0 bridgehead atoms. The van der Waals surface area contributed by atoms with Gasteiger partial charge in [0.25, 0.3) is 0 Å². The van der Waals surface area contributed by atoms with Crippen molar-refractivity contribution in [2.45, 2.75) is 25.0 Å². The lowest BCUT2D eigenvalue weighted by atomic mass is 9.79. The molecule has 22 heavy (non-hydrogen) atoms. The molecule has 1 aromatic carbocycles. The highest BCUT2D eigenvalue weighted by Gasteiger charge is 2.42. The molecule has 1 N–H and O–H groups in total. The van der Waals surface area contributed by atoms with Crippen LogP contribution in [0.25, 0.3) is 11.3 Å². The van der Waals surface area contributed by atoms with E-state index in [9.17, 15) is 5.11 Å². The Morgan fingerprint density at radius 3 is 3.09 bits per heavy atom. The number of aryl methyl sites for hydroxylation is 1. The number of hydrogen-bond acceptors (Lipinski definition) is 5. The van der Waals surface area contributed by atoms with Gasteiger partial charge in [-0.25, -0.2) is 9.61 Å². The van der Waals surface area contributed by atoms with Crippen molar-refractivity contribution < 1.29 is 9.74 Å². The fourth-order valence-electron chi connectivity index (χ4n) is 3.92. The number of nitrogens with zero attached hydrogens (tertiary/aromatic N) is 4. The first-order valence-electron chi connectivity index (χ1n) is 7.45. The molecule has 2 aliphatic rings. The molecule has 0 fully saturated rings. The summed E-state index contributed by atoms with van der Waals surface area (Å²) in [6.07, 6.45) is 4.70. The zero-order valence-corrected chi connectivity index (χ0v) is 11.8. The quantitative estimate of drug-likeness (QED) is 0.744. The first kappa shape index (κ1) is 12.1. The van der Waals surface area contributed by atoms with E-state index in [1.807, 2.05) is 24.7 Å². The number of fused-ring (bicyclic) bond motifs is 4. The van der Waals surface area contributed by atoms with Crippen molar-refractivity contribution in [3.05, 3.63) is 53.7 Å². The molecule has 0 radical (unpaired) electrons. The van der Waals surface area contributed by atoms with Crippen molar-refractivity contribution in [1.29, 1.82) is 0 Å². The maximum absolute atomic E-state index is 10.8. The third kappa shape index (κ3) is 1.45. The molecule has 2 aromatic heterocycles. The molecular weight excluding hydrogens is 280 g/mol. The largest absolute Gasteiger partial charge is 0.386 e. The molecule has 0 amide bonds. The van der Waals surface area contributed by atoms with Gasteiger partial charge in [0.05, 0.1) is 24.3 Å². The number of aliphatic hydroxyl groups is 1. The number of benzene rings is 1. The summed E-state index contributed by atoms with van der Waals surface area (Å²) in [4.78, 5) is 4.28. The molecule has 3 aromatic rings. The second kappa shape index (κ2) is 4.27. The van der Waals surface area contributed by atoms with E-state index in [-0.39, 0.29) is 12.0 Å². The summed E-state index contributed by atoms with van der Waals surface area (Å²) in [6.45, 7) is 0. The Morgan fingerprint density at radius 1 is 1.23 bits per heavy atom. The number of imidazole rings is 1. The smallest absolute Gasteiger partial charge is 0.137 e. The average molecular weight is 294 g/mol. The highest BCUT2D eigenvalue weighted by molar-refractivity contribution is 5.69. The molecule has 0 saturated heterocycles. The monoisotopic (exact) mass is 294 g/mol. The van der Waals surface area contributed by atoms with Gasteiger partial charge in [-0.2, -0.15) is 0 Å². The molecule has 6 heteroatoms. The van der Waals surface area contributed by atoms with Gasteiger partial charge in [-0.05, 0) is 18.4 Å². The van der Waals surface area contributed by atoms with Crippen LogP contribution in [0.2, 0.25) is 0 Å². The number of aromatic nitrogens is 4. The van der Waals surface area contributed by atoms with Gasteiger partial charge < -0.3 is 9.67 Å². The van der Waals surface area contributed by atoms with Gasteiger partial charge in [-0.3, -0.25) is 0 Å². The standard InChI is InChI=1S/C16H14N4O2/c21-16-11(5-6-12-14(16)19-22-18-12)15-10-4-2-1-3-9(10)13-7-17-8-20(13)15/h1-4,7-8,11,15-16,21H,5-6H2/t11?,15-,16?/m1/s1. The number of hydrogen-bond donors (Lipinski definition) is 1. The molecule has 1 aliphatic heterocycles. The first-order valence-corrected chi connectivity index (χ1v) is 7.45. The number of aliphatic hydroxyl groups excluding tert-OH is 1. The lowest BCUT2D eigenvalue weighted by Gasteiger charge is -2.32. The van der Waals surface area contributed by atoms with Crippen molar-refractivity contribution in [1.82, 2.24) is 19.9 Å². The van der Waals surface area contributed by atoms with Crippen LogP contribution in [0.4, 0.5) is 0 Å². The van der Waals surface area contributed by atoms with Crippen molar-refractivity contribution >= 4 is 0 Å². The molecule has 3 heterocycles. The van der Waals surface area contributed by atoms with Crippen molar-refractivity contribution in [3.63, 3.8) is 0 Å². The lowest BCUT2D eigenvalue weighted by Crippen LogP contribution is -2.28. The molecule has 0 spiro atoms. The zero-order valence-electron chi connectivity index (χ0n) is 11.8. The Kier molecular flexibility index (Phi) is 2.35. The van der Waals surface area contributed by atoms with Crippen molar-refractivity contribution in [3.8, 4) is 11.3 Å². The van der Waals surface area contributed by atoms with Gasteiger partial charge in [-0.15, -0.1) is 0 Å². The first-order chi connectivity index (χ1) is 10.8. The predicted octanol–water partition coefficient (Wildman–Crippen LogP) is 2.13. The van der Waals surface area contributed by atoms with Crippen molar-refractivity contribution in [2.75, 3.05) is 0 Å². The SMILES string of the molecule is OC1c2nonc2CCC1[C@H]1c2ccccc2-c2cncn21. The summed E-state index contributed by atoms with van der Waals surface area (Å²) < 4.78 is 6.96. The fraction of sp³-hybridized carbons (Fsp3) is 0.312. The molecule has 0 saturated carbocycles. The second-order valence-corrected chi connectivity index (χ2v) is 5.96. The van der Waals surface area contributed by atoms with E-state index in [0.29, 0.717) is 5.69 Å². The summed E-state index contributed by atoms with van der Waals surface area (Å²) in [5, 5.41) is 18.5. The maximum atomic E-state index is 10.8. The Bertz CT molecular complexity index is 853. The third-order valence-corrected chi connectivity index (χ3v) is 4.91. The van der Waals surface area contributed by atoms with Gasteiger partial charge in [0, 0.05) is 11.5 Å². The van der Waals surface area contributed by atoms with Crippen molar-refractivity contribution in [2.24, 2.45) is 5.92 Å². The van der Waals surface area contributed by atoms with E-state index in [4.69, 9.17) is 4.63 Å². The van der Waals surface area contributed by atoms with Crippen LogP contribution in [0, 0.1) is 5.92 Å². The maximum Gasteiger partial charge on any atom is 0.137 e. The molecule has 110 valence electrons. The highest BCUT2D eigenvalue weighted by Crippen LogP contribution is 2.49. The van der Waals surface area contributed by atoms with E-state index in [0.717, 1.165) is 24.2 Å². The summed E-state index contributed by atoms with van der Waals surface area (Å²) in [5.41, 5.74) is 4.91. The van der Waals surface area contributed by atoms with Gasteiger partial charge in [0.15, 0.2) is 0 Å². The Hall–Kier alpha value is -2.47. The predicted molar refractivity (Wildman–Crippen MR) is 76.9 cm³/mol. The topological polar surface area (TPSA) is 77.0 Å². The average Bonchev–Trinajstić information content (AvgIpc) is 3.23. The molecule has 2 unspecified atom stereocenters. The zero-order chi connectivity index (χ0) is 14.7. The minimum atomic E-state index is -0.665. The van der Waals surface area contributed by atoms with Crippen LogP contribution < -0.4 is 0 Å². The van der Waals surface area contributed by atoms with Crippen LogP contribution in [0.1, 0.15) is 35.5 Å². The van der Waals surface area contributed by atoms with E-state index >= 15 is 0 Å².